The smallest absolute Gasteiger partial charge is 0.286 e. The largest absolute Gasteiger partial charge is 0.493 e. The van der Waals surface area contributed by atoms with Gasteiger partial charge in [0.05, 0.1) is 30.9 Å². The van der Waals surface area contributed by atoms with E-state index in [1.807, 2.05) is 66.9 Å². The summed E-state index contributed by atoms with van der Waals surface area (Å²) >= 11 is 1.38. The van der Waals surface area contributed by atoms with Crippen LogP contribution in [0.5, 0.6) is 5.75 Å². The number of nitrogens with zero attached hydrogens (tertiary/aromatic N) is 4. The van der Waals surface area contributed by atoms with Crippen molar-refractivity contribution in [1.29, 1.82) is 0 Å². The number of para-hydroxylation sites is 2. The highest BCUT2D eigenvalue weighted by atomic mass is 32.2. The minimum Gasteiger partial charge on any atom is -0.493 e. The number of aliphatic imine (C=N–C) groups is 1. The second kappa shape index (κ2) is 9.09. The van der Waals surface area contributed by atoms with Gasteiger partial charge in [-0.05, 0) is 42.1 Å². The first-order valence-electron chi connectivity index (χ1n) is 11.3. The fraction of sp³-hybridized carbons (Fsp3) is 0.192. The van der Waals surface area contributed by atoms with Crippen LogP contribution < -0.4 is 4.74 Å². The van der Waals surface area contributed by atoms with Crippen LogP contribution in [0.1, 0.15) is 5.56 Å². The first-order valence-corrected chi connectivity index (χ1v) is 12.1. The molecule has 0 unspecified atom stereocenters. The first kappa shape index (κ1) is 21.7. The summed E-state index contributed by atoms with van der Waals surface area (Å²) < 4.78 is 18.9. The molecule has 1 amide bonds. The summed E-state index contributed by atoms with van der Waals surface area (Å²) in [5.41, 5.74) is 2.96. The van der Waals surface area contributed by atoms with E-state index in [9.17, 15) is 4.79 Å². The molecule has 2 aliphatic heterocycles. The highest BCUT2D eigenvalue weighted by Gasteiger charge is 2.28. The molecule has 2 aliphatic rings. The van der Waals surface area contributed by atoms with Gasteiger partial charge in [0, 0.05) is 30.2 Å². The van der Waals surface area contributed by atoms with E-state index in [4.69, 9.17) is 19.0 Å². The van der Waals surface area contributed by atoms with Gasteiger partial charge in [0.15, 0.2) is 22.3 Å². The van der Waals surface area contributed by atoms with Crippen molar-refractivity contribution in [3.8, 4) is 22.9 Å². The predicted octanol–water partition coefficient (Wildman–Crippen LogP) is 4.60. The van der Waals surface area contributed by atoms with Crippen LogP contribution in [-0.4, -0.2) is 59.2 Å². The van der Waals surface area contributed by atoms with Gasteiger partial charge in [0.2, 0.25) is 0 Å². The summed E-state index contributed by atoms with van der Waals surface area (Å²) in [7, 11) is 1.62. The third-order valence-corrected chi connectivity index (χ3v) is 6.95. The van der Waals surface area contributed by atoms with E-state index >= 15 is 0 Å². The Hall–Kier alpha value is -3.82. The van der Waals surface area contributed by atoms with Crippen LogP contribution in [0.3, 0.4) is 0 Å². The number of fused-ring (bicyclic) bond motifs is 1. The number of furan rings is 1. The number of hydrogen-bond donors (Lipinski definition) is 0. The van der Waals surface area contributed by atoms with E-state index in [0.29, 0.717) is 40.9 Å². The number of benzene rings is 2. The maximum Gasteiger partial charge on any atom is 0.286 e. The topological polar surface area (TPSA) is 82.1 Å². The molecular formula is C26H22N4O4S. The molecule has 176 valence electrons. The minimum atomic E-state index is -0.249. The predicted molar refractivity (Wildman–Crippen MR) is 136 cm³/mol. The zero-order valence-electron chi connectivity index (χ0n) is 19.0. The van der Waals surface area contributed by atoms with E-state index in [-0.39, 0.29) is 5.91 Å². The molecule has 4 heterocycles. The van der Waals surface area contributed by atoms with Crippen LogP contribution in [0, 0.1) is 0 Å². The van der Waals surface area contributed by atoms with Crippen molar-refractivity contribution in [2.75, 3.05) is 33.4 Å². The van der Waals surface area contributed by atoms with Crippen molar-refractivity contribution >= 4 is 39.9 Å². The molecule has 9 heteroatoms. The molecule has 0 N–H and O–H groups in total. The lowest BCUT2D eigenvalue weighted by molar-refractivity contribution is -0.113. The Morgan fingerprint density at radius 1 is 1.09 bits per heavy atom. The van der Waals surface area contributed by atoms with E-state index < -0.39 is 0 Å². The van der Waals surface area contributed by atoms with Gasteiger partial charge in [-0.1, -0.05) is 30.3 Å². The van der Waals surface area contributed by atoms with Gasteiger partial charge < -0.3 is 18.8 Å². The Morgan fingerprint density at radius 2 is 1.91 bits per heavy atom. The number of hydrogen-bond acceptors (Lipinski definition) is 7. The van der Waals surface area contributed by atoms with Gasteiger partial charge in [-0.25, -0.2) is 4.68 Å². The second-order valence-electron chi connectivity index (χ2n) is 8.11. The number of ether oxygens (including phenoxy) is 2. The molecule has 0 bridgehead atoms. The number of methoxy groups -OCH3 is 1. The highest BCUT2D eigenvalue weighted by Crippen LogP contribution is 2.37. The van der Waals surface area contributed by atoms with Crippen LogP contribution in [0.15, 0.2) is 75.1 Å². The summed E-state index contributed by atoms with van der Waals surface area (Å²) in [5.74, 6) is 0.998. The third kappa shape index (κ3) is 4.13. The van der Waals surface area contributed by atoms with Gasteiger partial charge >= 0.3 is 0 Å². The van der Waals surface area contributed by atoms with E-state index in [2.05, 4.69) is 9.89 Å². The number of thioether (sulfide) groups is 1. The lowest BCUT2D eigenvalue weighted by Gasteiger charge is -2.27. The Morgan fingerprint density at radius 3 is 2.71 bits per heavy atom. The highest BCUT2D eigenvalue weighted by molar-refractivity contribution is 8.18. The van der Waals surface area contributed by atoms with E-state index in [1.54, 1.807) is 11.8 Å². The van der Waals surface area contributed by atoms with Gasteiger partial charge in [-0.2, -0.15) is 10.1 Å². The quantitative estimate of drug-likeness (QED) is 0.390. The standard InChI is InChI=1S/C26H22N4O4S/c1-32-20-9-5-6-17-14-21(34-24(17)20)23-18(16-30(28-23)19-7-3-2-4-8-19)15-22-25(31)27-26(35-22)29-10-12-33-13-11-29/h2-9,14-16H,10-13H2,1H3/b22-15-. The fourth-order valence-corrected chi connectivity index (χ4v) is 5.10. The van der Waals surface area contributed by atoms with Gasteiger partial charge in [0.1, 0.15) is 5.69 Å². The Labute approximate surface area is 205 Å². The van der Waals surface area contributed by atoms with Crippen molar-refractivity contribution in [3.05, 3.63) is 71.3 Å². The van der Waals surface area contributed by atoms with Crippen molar-refractivity contribution < 1.29 is 18.7 Å². The normalized spacial score (nSPS) is 17.4. The average Bonchev–Trinajstić information content (AvgIpc) is 3.62. The Bertz CT molecular complexity index is 1470. The zero-order chi connectivity index (χ0) is 23.8. The summed E-state index contributed by atoms with van der Waals surface area (Å²) in [4.78, 5) is 19.7. The summed E-state index contributed by atoms with van der Waals surface area (Å²) in [6, 6.07) is 17.5. The van der Waals surface area contributed by atoms with Gasteiger partial charge in [0.25, 0.3) is 5.91 Å². The molecule has 0 saturated carbocycles. The number of amides is 1. The summed E-state index contributed by atoms with van der Waals surface area (Å²) in [6.07, 6.45) is 3.75. The molecule has 4 aromatic rings. The molecular weight excluding hydrogens is 464 g/mol. The number of morpholine rings is 1. The average molecular weight is 487 g/mol. The molecule has 1 fully saturated rings. The Balaban J connectivity index is 1.42. The number of carbonyl (C=O) groups excluding carboxylic acids is 1. The number of rotatable bonds is 4. The SMILES string of the molecule is COc1cccc2cc(-c3nn(-c4ccccc4)cc3/C=C3\SC(N4CCOCC4)=NC3=O)oc12. The first-order chi connectivity index (χ1) is 17.2. The molecule has 1 saturated heterocycles. The van der Waals surface area contributed by atoms with Gasteiger partial charge in [-0.15, -0.1) is 0 Å². The number of amidine groups is 1. The molecule has 6 rings (SSSR count). The lowest BCUT2D eigenvalue weighted by Crippen LogP contribution is -2.38. The third-order valence-electron chi connectivity index (χ3n) is 5.90. The maximum atomic E-state index is 12.8. The van der Waals surface area contributed by atoms with Crippen LogP contribution in [0.2, 0.25) is 0 Å². The van der Waals surface area contributed by atoms with E-state index in [0.717, 1.165) is 34.9 Å². The van der Waals surface area contributed by atoms with Crippen molar-refractivity contribution in [2.45, 2.75) is 0 Å². The van der Waals surface area contributed by atoms with Gasteiger partial charge in [-0.3, -0.25) is 4.79 Å². The lowest BCUT2D eigenvalue weighted by atomic mass is 10.1. The molecule has 0 atom stereocenters. The second-order valence-corrected chi connectivity index (χ2v) is 9.12. The maximum absolute atomic E-state index is 12.8. The fourth-order valence-electron chi connectivity index (χ4n) is 4.14. The molecule has 0 aliphatic carbocycles. The van der Waals surface area contributed by atoms with Crippen molar-refractivity contribution in [3.63, 3.8) is 0 Å². The number of carbonyl (C=O) groups is 1. The van der Waals surface area contributed by atoms with Crippen LogP contribution in [-0.2, 0) is 9.53 Å². The van der Waals surface area contributed by atoms with Crippen molar-refractivity contribution in [1.82, 2.24) is 14.7 Å². The molecule has 8 nitrogen and oxygen atoms in total. The van der Waals surface area contributed by atoms with Crippen molar-refractivity contribution in [2.24, 2.45) is 4.99 Å². The molecule has 2 aromatic heterocycles. The molecule has 0 radical (unpaired) electrons. The molecule has 35 heavy (non-hydrogen) atoms. The Kier molecular flexibility index (Phi) is 5.63. The molecule has 0 spiro atoms. The monoisotopic (exact) mass is 486 g/mol. The van der Waals surface area contributed by atoms with Crippen LogP contribution in [0.4, 0.5) is 0 Å². The number of aromatic nitrogens is 2. The summed E-state index contributed by atoms with van der Waals surface area (Å²) in [5, 5.41) is 6.46. The molecule has 2 aromatic carbocycles. The summed E-state index contributed by atoms with van der Waals surface area (Å²) in [6.45, 7) is 2.72. The van der Waals surface area contributed by atoms with Crippen LogP contribution in [0.25, 0.3) is 34.2 Å². The van der Waals surface area contributed by atoms with Crippen LogP contribution >= 0.6 is 11.8 Å². The zero-order valence-corrected chi connectivity index (χ0v) is 19.8. The minimum absolute atomic E-state index is 0.249. The van der Waals surface area contributed by atoms with E-state index in [1.165, 1.54) is 11.8 Å².